The van der Waals surface area contributed by atoms with Crippen molar-refractivity contribution in [2.75, 3.05) is 0 Å². The molecule has 146 valence electrons. The summed E-state index contributed by atoms with van der Waals surface area (Å²) in [6.45, 7) is 0. The fraction of sp³-hybridized carbons (Fsp3) is 0.0476. The summed E-state index contributed by atoms with van der Waals surface area (Å²) >= 11 is 7.36. The van der Waals surface area contributed by atoms with Gasteiger partial charge in [0.1, 0.15) is 22.5 Å². The number of nitrogens with zero attached hydrogens (tertiary/aromatic N) is 2. The van der Waals surface area contributed by atoms with Crippen LogP contribution in [-0.2, 0) is 0 Å². The second-order valence-corrected chi connectivity index (χ2v) is 7.61. The van der Waals surface area contributed by atoms with Gasteiger partial charge in [-0.2, -0.15) is 5.10 Å². The van der Waals surface area contributed by atoms with Gasteiger partial charge in [-0.3, -0.25) is 4.79 Å². The monoisotopic (exact) mass is 432 g/mol. The SMILES string of the molecule is O=c1ccn2nc(SC3=CCC=C(F)C=C3Cl)ccc2c1-c1c(F)cccc1F. The second kappa shape index (κ2) is 7.93. The molecule has 2 heterocycles. The average molecular weight is 433 g/mol. The molecular formula is C21H12ClF3N2OS. The van der Waals surface area contributed by atoms with Crippen LogP contribution in [0.25, 0.3) is 16.6 Å². The van der Waals surface area contributed by atoms with E-state index in [0.29, 0.717) is 16.4 Å². The van der Waals surface area contributed by atoms with Gasteiger partial charge in [-0.25, -0.2) is 17.7 Å². The summed E-state index contributed by atoms with van der Waals surface area (Å²) in [6.07, 6.45) is 6.21. The molecule has 0 radical (unpaired) electrons. The Morgan fingerprint density at radius 3 is 2.52 bits per heavy atom. The predicted molar refractivity (Wildman–Crippen MR) is 108 cm³/mol. The van der Waals surface area contributed by atoms with Crippen molar-refractivity contribution >= 4 is 28.9 Å². The summed E-state index contributed by atoms with van der Waals surface area (Å²) in [5.74, 6) is -2.07. The molecule has 0 amide bonds. The molecule has 0 bridgehead atoms. The number of rotatable bonds is 3. The number of thioether (sulfide) groups is 1. The molecule has 8 heteroatoms. The summed E-state index contributed by atoms with van der Waals surface area (Å²) in [7, 11) is 0. The molecule has 1 aromatic carbocycles. The Morgan fingerprint density at radius 1 is 1.00 bits per heavy atom. The molecule has 1 aliphatic rings. The molecule has 0 N–H and O–H groups in total. The van der Waals surface area contributed by atoms with Crippen LogP contribution in [-0.4, -0.2) is 9.61 Å². The Hall–Kier alpha value is -2.77. The summed E-state index contributed by atoms with van der Waals surface area (Å²) in [4.78, 5) is 13.0. The van der Waals surface area contributed by atoms with Crippen LogP contribution in [0.1, 0.15) is 6.42 Å². The predicted octanol–water partition coefficient (Wildman–Crippen LogP) is 6.00. The van der Waals surface area contributed by atoms with Crippen LogP contribution < -0.4 is 5.43 Å². The van der Waals surface area contributed by atoms with Gasteiger partial charge in [-0.15, -0.1) is 0 Å². The van der Waals surface area contributed by atoms with Crippen molar-refractivity contribution < 1.29 is 13.2 Å². The van der Waals surface area contributed by atoms with E-state index in [0.717, 1.165) is 12.1 Å². The zero-order valence-corrected chi connectivity index (χ0v) is 16.3. The van der Waals surface area contributed by atoms with Crippen molar-refractivity contribution in [1.29, 1.82) is 0 Å². The largest absolute Gasteiger partial charge is 0.289 e. The molecular weight excluding hydrogens is 421 g/mol. The lowest BCUT2D eigenvalue weighted by molar-refractivity contribution is 0.589. The van der Waals surface area contributed by atoms with Crippen LogP contribution in [0, 0.1) is 11.6 Å². The van der Waals surface area contributed by atoms with Gasteiger partial charge in [-0.1, -0.05) is 35.5 Å². The number of benzene rings is 1. The Balaban J connectivity index is 1.79. The molecule has 0 saturated heterocycles. The zero-order chi connectivity index (χ0) is 20.5. The highest BCUT2D eigenvalue weighted by atomic mass is 35.5. The summed E-state index contributed by atoms with van der Waals surface area (Å²) in [5.41, 5.74) is -0.757. The number of hydrogen-bond donors (Lipinski definition) is 0. The van der Waals surface area contributed by atoms with E-state index >= 15 is 0 Å². The standard InChI is InChI=1S/C21H12ClF3N2OS/c22-13-11-12(23)3-1-6-18(13)29-19-8-7-16-21(17(28)9-10-27(16)26-19)20-14(24)4-2-5-15(20)25/h2-11H,1H2. The highest BCUT2D eigenvalue weighted by Gasteiger charge is 2.18. The molecule has 3 aromatic rings. The smallest absolute Gasteiger partial charge is 0.190 e. The van der Waals surface area contributed by atoms with E-state index in [9.17, 15) is 18.0 Å². The van der Waals surface area contributed by atoms with E-state index in [-0.39, 0.29) is 16.1 Å². The highest BCUT2D eigenvalue weighted by molar-refractivity contribution is 8.03. The zero-order valence-electron chi connectivity index (χ0n) is 14.7. The number of halogens is 4. The quantitative estimate of drug-likeness (QED) is 0.509. The van der Waals surface area contributed by atoms with E-state index in [1.54, 1.807) is 18.2 Å². The normalized spacial score (nSPS) is 14.3. The highest BCUT2D eigenvalue weighted by Crippen LogP contribution is 2.36. The molecule has 29 heavy (non-hydrogen) atoms. The maximum atomic E-state index is 14.3. The fourth-order valence-corrected chi connectivity index (χ4v) is 4.08. The number of pyridine rings is 1. The van der Waals surface area contributed by atoms with Crippen molar-refractivity contribution in [2.45, 2.75) is 11.4 Å². The van der Waals surface area contributed by atoms with E-state index in [1.807, 2.05) is 0 Å². The maximum absolute atomic E-state index is 14.3. The van der Waals surface area contributed by atoms with Gasteiger partial charge in [0.2, 0.25) is 0 Å². The Labute approximate surface area is 172 Å². The minimum atomic E-state index is -0.830. The van der Waals surface area contributed by atoms with Crippen molar-refractivity contribution in [1.82, 2.24) is 9.61 Å². The van der Waals surface area contributed by atoms with Crippen molar-refractivity contribution in [3.63, 3.8) is 0 Å². The van der Waals surface area contributed by atoms with Gasteiger partial charge < -0.3 is 0 Å². The first kappa shape index (κ1) is 19.5. The van der Waals surface area contributed by atoms with E-state index in [1.165, 1.54) is 46.8 Å². The van der Waals surface area contributed by atoms with E-state index in [4.69, 9.17) is 11.6 Å². The molecule has 2 aromatic heterocycles. The number of aromatic nitrogens is 2. The molecule has 0 spiro atoms. The van der Waals surface area contributed by atoms with E-state index in [2.05, 4.69) is 5.10 Å². The Kier molecular flexibility index (Phi) is 5.34. The number of allylic oxidation sites excluding steroid dienone is 5. The molecule has 3 nitrogen and oxygen atoms in total. The minimum Gasteiger partial charge on any atom is -0.289 e. The fourth-order valence-electron chi connectivity index (χ4n) is 2.95. The minimum absolute atomic E-state index is 0.106. The Bertz CT molecular complexity index is 1260. The molecule has 4 rings (SSSR count). The van der Waals surface area contributed by atoms with Crippen LogP contribution in [0.15, 0.2) is 86.4 Å². The van der Waals surface area contributed by atoms with E-state index < -0.39 is 28.5 Å². The third-order valence-electron chi connectivity index (χ3n) is 4.25. The van der Waals surface area contributed by atoms with Gasteiger partial charge in [-0.05, 0) is 42.8 Å². The van der Waals surface area contributed by atoms with Crippen LogP contribution >= 0.6 is 23.4 Å². The molecule has 0 fully saturated rings. The van der Waals surface area contributed by atoms with Crippen LogP contribution in [0.2, 0.25) is 0 Å². The topological polar surface area (TPSA) is 34.4 Å². The summed E-state index contributed by atoms with van der Waals surface area (Å²) < 4.78 is 43.4. The van der Waals surface area contributed by atoms with Crippen molar-refractivity contribution in [3.8, 4) is 11.1 Å². The molecule has 0 saturated carbocycles. The first-order valence-electron chi connectivity index (χ1n) is 8.52. The van der Waals surface area contributed by atoms with Crippen LogP contribution in [0.3, 0.4) is 0 Å². The van der Waals surface area contributed by atoms with Crippen LogP contribution in [0.5, 0.6) is 0 Å². The average Bonchev–Trinajstić information content (AvgIpc) is 2.83. The van der Waals surface area contributed by atoms with Gasteiger partial charge in [0.15, 0.2) is 5.43 Å². The summed E-state index contributed by atoms with van der Waals surface area (Å²) in [6, 6.07) is 7.80. The first-order valence-corrected chi connectivity index (χ1v) is 9.72. The van der Waals surface area contributed by atoms with Gasteiger partial charge in [0.25, 0.3) is 0 Å². The lowest BCUT2D eigenvalue weighted by Crippen LogP contribution is -2.11. The summed E-state index contributed by atoms with van der Waals surface area (Å²) in [5, 5.41) is 5.16. The first-order chi connectivity index (χ1) is 13.9. The number of hydrogen-bond acceptors (Lipinski definition) is 3. The third-order valence-corrected chi connectivity index (χ3v) is 5.71. The lowest BCUT2D eigenvalue weighted by atomic mass is 10.0. The Morgan fingerprint density at radius 2 is 1.76 bits per heavy atom. The molecule has 1 aliphatic carbocycles. The van der Waals surface area contributed by atoms with Crippen molar-refractivity contribution in [3.05, 3.63) is 98.4 Å². The van der Waals surface area contributed by atoms with Crippen LogP contribution in [0.4, 0.5) is 13.2 Å². The number of fused-ring (bicyclic) bond motifs is 1. The lowest BCUT2D eigenvalue weighted by Gasteiger charge is -2.11. The van der Waals surface area contributed by atoms with Crippen molar-refractivity contribution in [2.24, 2.45) is 0 Å². The van der Waals surface area contributed by atoms with Gasteiger partial charge >= 0.3 is 0 Å². The third kappa shape index (κ3) is 3.88. The molecule has 0 unspecified atom stereocenters. The molecule has 0 aliphatic heterocycles. The van der Waals surface area contributed by atoms with Gasteiger partial charge in [0, 0.05) is 17.2 Å². The maximum Gasteiger partial charge on any atom is 0.190 e. The van der Waals surface area contributed by atoms with Gasteiger partial charge in [0.05, 0.1) is 21.7 Å². The second-order valence-electron chi connectivity index (χ2n) is 6.14. The molecule has 0 atom stereocenters.